The fourth-order valence-electron chi connectivity index (χ4n) is 1.61. The lowest BCUT2D eigenvalue weighted by Gasteiger charge is -2.18. The molecule has 0 aliphatic heterocycles. The normalized spacial score (nSPS) is 13.9. The molecular weight excluding hydrogens is 253 g/mol. The first-order chi connectivity index (χ1) is 8.71. The van der Waals surface area contributed by atoms with E-state index in [0.29, 0.717) is 11.0 Å². The van der Waals surface area contributed by atoms with Crippen LogP contribution in [0, 0.1) is 0 Å². The van der Waals surface area contributed by atoms with Gasteiger partial charge in [-0.3, -0.25) is 4.98 Å². The molecule has 0 aliphatic carbocycles. The van der Waals surface area contributed by atoms with Crippen molar-refractivity contribution in [1.82, 2.24) is 9.97 Å². The van der Waals surface area contributed by atoms with E-state index >= 15 is 0 Å². The van der Waals surface area contributed by atoms with Crippen molar-refractivity contribution in [3.05, 3.63) is 41.3 Å². The predicted molar refractivity (Wildman–Crippen MR) is 73.6 cm³/mol. The lowest BCUT2D eigenvalue weighted by Crippen LogP contribution is -2.21. The Morgan fingerprint density at radius 3 is 2.89 bits per heavy atom. The van der Waals surface area contributed by atoms with Gasteiger partial charge in [-0.15, -0.1) is 0 Å². The molecule has 0 saturated heterocycles. The fourth-order valence-corrected chi connectivity index (χ4v) is 1.75. The number of nitrogens with one attached hydrogen (secondary N) is 1. The molecule has 98 valence electrons. The maximum Gasteiger partial charge on any atom is 0.149 e. The van der Waals surface area contributed by atoms with Crippen molar-refractivity contribution in [2.24, 2.45) is 0 Å². The summed E-state index contributed by atoms with van der Waals surface area (Å²) < 4.78 is 12.2. The molecule has 18 heavy (non-hydrogen) atoms. The summed E-state index contributed by atoms with van der Waals surface area (Å²) in [6.07, 6.45) is 9.16. The van der Waals surface area contributed by atoms with Crippen LogP contribution in [-0.2, 0) is 0 Å². The number of hydrogen-bond acceptors (Lipinski definition) is 3. The minimum atomic E-state index is -0.468. The summed E-state index contributed by atoms with van der Waals surface area (Å²) in [5, 5.41) is 3.57. The summed E-state index contributed by atoms with van der Waals surface area (Å²) in [5.41, 5.74) is 1.01. The van der Waals surface area contributed by atoms with Gasteiger partial charge >= 0.3 is 0 Å². The van der Waals surface area contributed by atoms with Crippen LogP contribution in [0.5, 0.6) is 0 Å². The Kier molecular flexibility index (Phi) is 6.36. The van der Waals surface area contributed by atoms with Gasteiger partial charge in [-0.25, -0.2) is 9.37 Å². The summed E-state index contributed by atoms with van der Waals surface area (Å²) >= 11 is 5.78. The Morgan fingerprint density at radius 2 is 2.33 bits per heavy atom. The zero-order valence-corrected chi connectivity index (χ0v) is 11.3. The lowest BCUT2D eigenvalue weighted by atomic mass is 10.0. The highest BCUT2D eigenvalue weighted by Gasteiger charge is 2.10. The molecule has 0 fully saturated rings. The van der Waals surface area contributed by atoms with Gasteiger partial charge in [0.2, 0.25) is 0 Å². The number of hydrogen-bond donors (Lipinski definition) is 1. The summed E-state index contributed by atoms with van der Waals surface area (Å²) in [7, 11) is 0. The van der Waals surface area contributed by atoms with E-state index in [2.05, 4.69) is 15.3 Å². The van der Waals surface area contributed by atoms with Gasteiger partial charge in [-0.2, -0.15) is 0 Å². The maximum absolute atomic E-state index is 12.2. The summed E-state index contributed by atoms with van der Waals surface area (Å²) in [6, 6.07) is 0.0607. The number of aromatic nitrogens is 2. The molecular formula is C13H17ClFN3. The van der Waals surface area contributed by atoms with Crippen molar-refractivity contribution in [1.29, 1.82) is 0 Å². The van der Waals surface area contributed by atoms with Crippen molar-refractivity contribution < 1.29 is 4.39 Å². The van der Waals surface area contributed by atoms with Gasteiger partial charge in [-0.1, -0.05) is 36.8 Å². The monoisotopic (exact) mass is 269 g/mol. The van der Waals surface area contributed by atoms with Crippen LogP contribution in [-0.4, -0.2) is 22.7 Å². The Morgan fingerprint density at radius 1 is 1.56 bits per heavy atom. The second-order valence-corrected chi connectivity index (χ2v) is 4.06. The Hall–Kier alpha value is -1.42. The molecule has 3 nitrogen and oxygen atoms in total. The minimum Gasteiger partial charge on any atom is -0.362 e. The maximum atomic E-state index is 12.2. The molecule has 0 saturated carbocycles. The Balaban J connectivity index is 2.80. The summed E-state index contributed by atoms with van der Waals surface area (Å²) in [5.74, 6) is 0.613. The van der Waals surface area contributed by atoms with Crippen molar-refractivity contribution >= 4 is 17.4 Å². The van der Waals surface area contributed by atoms with Gasteiger partial charge in [-0.05, 0) is 18.9 Å². The first kappa shape index (κ1) is 14.6. The minimum absolute atomic E-state index is 0.0607. The predicted octanol–water partition coefficient (Wildman–Crippen LogP) is 3.79. The van der Waals surface area contributed by atoms with Crippen LogP contribution in [0.25, 0.3) is 0 Å². The van der Waals surface area contributed by atoms with E-state index in [0.717, 1.165) is 12.0 Å². The topological polar surface area (TPSA) is 37.8 Å². The Labute approximate surface area is 112 Å². The van der Waals surface area contributed by atoms with Gasteiger partial charge in [0.1, 0.15) is 17.6 Å². The van der Waals surface area contributed by atoms with Crippen LogP contribution >= 0.6 is 11.6 Å². The molecule has 1 aromatic rings. The SMILES string of the molecule is C/C=C(\C=C/CF)C(CC)Nc1cncc(Cl)n1. The molecule has 1 N–H and O–H groups in total. The van der Waals surface area contributed by atoms with Gasteiger partial charge in [0, 0.05) is 0 Å². The molecule has 1 aromatic heterocycles. The van der Waals surface area contributed by atoms with E-state index in [4.69, 9.17) is 11.6 Å². The number of anilines is 1. The van der Waals surface area contributed by atoms with Gasteiger partial charge in [0.15, 0.2) is 0 Å². The molecule has 1 heterocycles. The molecule has 0 aliphatic rings. The largest absolute Gasteiger partial charge is 0.362 e. The quantitative estimate of drug-likeness (QED) is 0.799. The molecule has 0 aromatic carbocycles. The second kappa shape index (κ2) is 7.82. The van der Waals surface area contributed by atoms with Crippen LogP contribution in [0.4, 0.5) is 10.2 Å². The second-order valence-electron chi connectivity index (χ2n) is 3.68. The number of alkyl halides is 1. The van der Waals surface area contributed by atoms with E-state index in [-0.39, 0.29) is 6.04 Å². The smallest absolute Gasteiger partial charge is 0.149 e. The highest BCUT2D eigenvalue weighted by Crippen LogP contribution is 2.15. The summed E-state index contributed by atoms with van der Waals surface area (Å²) in [4.78, 5) is 8.09. The van der Waals surface area contributed by atoms with Crippen molar-refractivity contribution in [3.63, 3.8) is 0 Å². The van der Waals surface area contributed by atoms with Crippen LogP contribution in [0.15, 0.2) is 36.2 Å². The summed E-state index contributed by atoms with van der Waals surface area (Å²) in [6.45, 7) is 3.50. The van der Waals surface area contributed by atoms with Crippen LogP contribution < -0.4 is 5.32 Å². The highest BCUT2D eigenvalue weighted by atomic mass is 35.5. The number of nitrogens with zero attached hydrogens (tertiary/aromatic N) is 2. The average molecular weight is 270 g/mol. The van der Waals surface area contributed by atoms with E-state index in [1.54, 1.807) is 12.3 Å². The third-order valence-electron chi connectivity index (χ3n) is 2.47. The van der Waals surface area contributed by atoms with E-state index < -0.39 is 6.67 Å². The molecule has 0 amide bonds. The van der Waals surface area contributed by atoms with Gasteiger partial charge < -0.3 is 5.32 Å². The fraction of sp³-hybridized carbons (Fsp3) is 0.385. The average Bonchev–Trinajstić information content (AvgIpc) is 2.38. The third kappa shape index (κ3) is 4.45. The highest BCUT2D eigenvalue weighted by molar-refractivity contribution is 6.29. The van der Waals surface area contributed by atoms with Crippen LogP contribution in [0.1, 0.15) is 20.3 Å². The van der Waals surface area contributed by atoms with Crippen molar-refractivity contribution in [2.45, 2.75) is 26.3 Å². The van der Waals surface area contributed by atoms with E-state index in [9.17, 15) is 4.39 Å². The molecule has 0 radical (unpaired) electrons. The molecule has 0 bridgehead atoms. The standard InChI is InChI=1S/C13H17ClFN3/c1-3-10(6-5-7-15)11(4-2)17-13-9-16-8-12(14)18-13/h3,5-6,8-9,11H,4,7H2,1-2H3,(H,17,18)/b6-5-,10-3+. The van der Waals surface area contributed by atoms with Crippen LogP contribution in [0.3, 0.4) is 0 Å². The third-order valence-corrected chi connectivity index (χ3v) is 2.65. The number of allylic oxidation sites excluding steroid dienone is 2. The zero-order valence-electron chi connectivity index (χ0n) is 10.5. The lowest BCUT2D eigenvalue weighted by molar-refractivity contribution is 0.561. The van der Waals surface area contributed by atoms with Crippen LogP contribution in [0.2, 0.25) is 5.15 Å². The van der Waals surface area contributed by atoms with Gasteiger partial charge in [0.05, 0.1) is 18.4 Å². The number of rotatable bonds is 6. The van der Waals surface area contributed by atoms with E-state index in [1.165, 1.54) is 12.3 Å². The van der Waals surface area contributed by atoms with Gasteiger partial charge in [0.25, 0.3) is 0 Å². The first-order valence-corrected chi connectivity index (χ1v) is 6.21. The molecule has 1 unspecified atom stereocenters. The molecule has 5 heteroatoms. The molecule has 1 rings (SSSR count). The molecule has 0 spiro atoms. The number of halogens is 2. The first-order valence-electron chi connectivity index (χ1n) is 5.84. The van der Waals surface area contributed by atoms with Crippen molar-refractivity contribution in [3.8, 4) is 0 Å². The zero-order chi connectivity index (χ0) is 13.4. The molecule has 1 atom stereocenters. The van der Waals surface area contributed by atoms with Crippen molar-refractivity contribution in [2.75, 3.05) is 12.0 Å². The van der Waals surface area contributed by atoms with E-state index in [1.807, 2.05) is 19.9 Å². The Bertz CT molecular complexity index is 432.